The van der Waals surface area contributed by atoms with Gasteiger partial charge in [-0.25, -0.2) is 4.39 Å². The molecule has 3 aliphatic carbocycles. The summed E-state index contributed by atoms with van der Waals surface area (Å²) < 4.78 is 16.1. The number of fused-ring (bicyclic) bond motifs is 3. The summed E-state index contributed by atoms with van der Waals surface area (Å²) >= 11 is 0. The first kappa shape index (κ1) is 28.3. The van der Waals surface area contributed by atoms with Gasteiger partial charge in [0.2, 0.25) is 0 Å². The lowest BCUT2D eigenvalue weighted by Gasteiger charge is -2.31. The van der Waals surface area contributed by atoms with Gasteiger partial charge in [-0.05, 0) is 55.9 Å². The van der Waals surface area contributed by atoms with E-state index in [2.05, 4.69) is 29.7 Å². The van der Waals surface area contributed by atoms with Crippen LogP contribution in [-0.2, 0) is 13.0 Å². The Balaban J connectivity index is 0.000000287. The summed E-state index contributed by atoms with van der Waals surface area (Å²) in [4.78, 5) is 27.9. The molecule has 2 N–H and O–H groups in total. The second-order valence-corrected chi connectivity index (χ2v) is 11.3. The van der Waals surface area contributed by atoms with Crippen LogP contribution in [0.15, 0.2) is 36.3 Å². The van der Waals surface area contributed by atoms with Crippen molar-refractivity contribution in [2.45, 2.75) is 90.0 Å². The molecule has 1 saturated heterocycles. The molecule has 1 amide bonds. The fourth-order valence-electron chi connectivity index (χ4n) is 6.49. The predicted molar refractivity (Wildman–Crippen MR) is 147 cm³/mol. The van der Waals surface area contributed by atoms with Crippen LogP contribution in [0.25, 0.3) is 0 Å². The monoisotopic (exact) mass is 526 g/mol. The van der Waals surface area contributed by atoms with Gasteiger partial charge in [0.1, 0.15) is 6.17 Å². The first-order valence-electron chi connectivity index (χ1n) is 14.2. The van der Waals surface area contributed by atoms with Crippen molar-refractivity contribution < 1.29 is 14.3 Å². The minimum absolute atomic E-state index is 0.00694. The number of aryl methyl sites for hydroxylation is 2. The molecule has 38 heavy (non-hydrogen) atoms. The average Bonchev–Trinajstić information content (AvgIpc) is 3.25. The highest BCUT2D eigenvalue weighted by Crippen LogP contribution is 2.62. The molecule has 2 unspecified atom stereocenters. The highest BCUT2D eigenvalue weighted by molar-refractivity contribution is 5.95. The zero-order valence-electron chi connectivity index (χ0n) is 22.9. The third-order valence-electron chi connectivity index (χ3n) is 8.91. The Hall–Kier alpha value is -2.74. The number of amides is 1. The number of carbonyl (C=O) groups excluding carboxylic acids is 1. The smallest absolute Gasteiger partial charge is 0.274 e. The molecule has 0 aromatic carbocycles. The Morgan fingerprint density at radius 3 is 2.61 bits per heavy atom. The van der Waals surface area contributed by atoms with Gasteiger partial charge >= 0.3 is 0 Å². The first-order chi connectivity index (χ1) is 18.3. The number of H-pyrrole nitrogens is 1. The number of aromatic nitrogens is 3. The molecule has 6 rings (SSSR count). The lowest BCUT2D eigenvalue weighted by Crippen LogP contribution is -2.47. The molecule has 208 valence electrons. The zero-order chi connectivity index (χ0) is 27.4. The Kier molecular flexibility index (Phi) is 9.23. The van der Waals surface area contributed by atoms with Crippen LogP contribution in [0.2, 0.25) is 0 Å². The molecule has 0 spiro atoms. The fourth-order valence-corrected chi connectivity index (χ4v) is 6.49. The standard InChI is InChI=1S/C22H32FN3O2.C6H7NO.C2H4/c1-13-15-11-17-20(19(13)15)21(22(28)25-9-8-18(27)16(23)12-25)24-26(17)10-7-14-5-3-2-4-6-14;1-5-3-2-4-7-6(5)8;1-2/h13-16,18-19,27H,2-12H2,1H3;2-4H,1H3,(H,7,8);1-2H2/t13-,15?,16-,18+,19?;;/m1../s1. The summed E-state index contributed by atoms with van der Waals surface area (Å²) in [5, 5.41) is 14.4. The second kappa shape index (κ2) is 12.4. The number of aromatic amines is 1. The van der Waals surface area contributed by atoms with Crippen molar-refractivity contribution in [1.29, 1.82) is 0 Å². The number of alkyl halides is 1. The summed E-state index contributed by atoms with van der Waals surface area (Å²) in [5.74, 6) is 2.42. The molecule has 3 heterocycles. The van der Waals surface area contributed by atoms with E-state index in [0.29, 0.717) is 36.4 Å². The SMILES string of the molecule is C=C.C[C@@H]1C2Cc3c(c(C(=O)N4CC[C@H](O)[C@H](F)C4)nn3CCC3CCCCC3)C21.Cc1ccc[nH]c1=O. The number of carbonyl (C=O) groups is 1. The van der Waals surface area contributed by atoms with Crippen molar-refractivity contribution in [1.82, 2.24) is 19.7 Å². The van der Waals surface area contributed by atoms with E-state index in [1.807, 2.05) is 0 Å². The molecule has 1 aliphatic heterocycles. The largest absolute Gasteiger partial charge is 0.390 e. The van der Waals surface area contributed by atoms with Gasteiger partial charge in [-0.3, -0.25) is 14.3 Å². The number of aliphatic hydroxyl groups is 1. The van der Waals surface area contributed by atoms with Gasteiger partial charge in [-0.2, -0.15) is 5.10 Å². The minimum Gasteiger partial charge on any atom is -0.390 e. The highest BCUT2D eigenvalue weighted by atomic mass is 19.1. The van der Waals surface area contributed by atoms with Crippen LogP contribution in [0, 0.1) is 24.7 Å². The van der Waals surface area contributed by atoms with Crippen LogP contribution >= 0.6 is 0 Å². The molecule has 2 aromatic heterocycles. The van der Waals surface area contributed by atoms with E-state index in [1.165, 1.54) is 37.8 Å². The van der Waals surface area contributed by atoms with Gasteiger partial charge in [0.15, 0.2) is 5.69 Å². The number of rotatable bonds is 4. The molecular formula is C30H43FN4O3. The number of nitrogens with zero attached hydrogens (tertiary/aromatic N) is 3. The van der Waals surface area contributed by atoms with Crippen LogP contribution in [0.5, 0.6) is 0 Å². The summed E-state index contributed by atoms with van der Waals surface area (Å²) in [6.45, 7) is 11.3. The predicted octanol–water partition coefficient (Wildman–Crippen LogP) is 4.79. The van der Waals surface area contributed by atoms with E-state index in [4.69, 9.17) is 5.10 Å². The first-order valence-corrected chi connectivity index (χ1v) is 14.2. The maximum atomic E-state index is 14.0. The molecule has 2 saturated carbocycles. The van der Waals surface area contributed by atoms with Gasteiger partial charge < -0.3 is 15.0 Å². The van der Waals surface area contributed by atoms with Crippen LogP contribution < -0.4 is 5.56 Å². The summed E-state index contributed by atoms with van der Waals surface area (Å²) in [5.41, 5.74) is 3.74. The quantitative estimate of drug-likeness (QED) is 0.561. The lowest BCUT2D eigenvalue weighted by molar-refractivity contribution is 0.00794. The van der Waals surface area contributed by atoms with E-state index in [9.17, 15) is 19.1 Å². The number of likely N-dealkylation sites (tertiary alicyclic amines) is 1. The molecule has 4 aliphatic rings. The topological polar surface area (TPSA) is 91.2 Å². The molecule has 8 heteroatoms. The number of halogens is 1. The van der Waals surface area contributed by atoms with Gasteiger partial charge in [0.05, 0.1) is 12.6 Å². The van der Waals surface area contributed by atoms with Gasteiger partial charge in [-0.1, -0.05) is 45.1 Å². The third-order valence-corrected chi connectivity index (χ3v) is 8.91. The second-order valence-electron chi connectivity index (χ2n) is 11.3. The Labute approximate surface area is 225 Å². The molecule has 0 radical (unpaired) electrons. The number of piperidine rings is 1. The molecule has 2 aromatic rings. The van der Waals surface area contributed by atoms with E-state index in [-0.39, 0.29) is 18.0 Å². The maximum absolute atomic E-state index is 14.0. The fraction of sp³-hybridized carbons (Fsp3) is 0.633. The third kappa shape index (κ3) is 5.95. The molecule has 7 nitrogen and oxygen atoms in total. The van der Waals surface area contributed by atoms with Gasteiger partial charge in [0, 0.05) is 36.1 Å². The zero-order valence-corrected chi connectivity index (χ0v) is 22.9. The minimum atomic E-state index is -1.35. The Morgan fingerprint density at radius 2 is 1.97 bits per heavy atom. The summed E-state index contributed by atoms with van der Waals surface area (Å²) in [6.07, 6.45) is 8.52. The summed E-state index contributed by atoms with van der Waals surface area (Å²) in [7, 11) is 0. The molecular weight excluding hydrogens is 483 g/mol. The lowest BCUT2D eigenvalue weighted by atomic mass is 9.87. The Bertz CT molecular complexity index is 1150. The van der Waals surface area contributed by atoms with Crippen molar-refractivity contribution in [3.05, 3.63) is 64.4 Å². The van der Waals surface area contributed by atoms with Gasteiger partial charge in [0.25, 0.3) is 11.5 Å². The van der Waals surface area contributed by atoms with Crippen molar-refractivity contribution >= 4 is 5.91 Å². The van der Waals surface area contributed by atoms with Crippen molar-refractivity contribution in [3.63, 3.8) is 0 Å². The molecule has 5 atom stereocenters. The maximum Gasteiger partial charge on any atom is 0.274 e. The number of hydrogen-bond acceptors (Lipinski definition) is 4. The van der Waals surface area contributed by atoms with Crippen LogP contribution in [0.3, 0.4) is 0 Å². The molecule has 0 bridgehead atoms. The Morgan fingerprint density at radius 1 is 1.24 bits per heavy atom. The number of nitrogens with one attached hydrogen (secondary N) is 1. The number of hydrogen-bond donors (Lipinski definition) is 2. The summed E-state index contributed by atoms with van der Waals surface area (Å²) in [6, 6.07) is 3.58. The van der Waals surface area contributed by atoms with Crippen LogP contribution in [0.4, 0.5) is 4.39 Å². The van der Waals surface area contributed by atoms with Crippen LogP contribution in [-0.4, -0.2) is 56.0 Å². The average molecular weight is 527 g/mol. The number of aliphatic hydroxyl groups excluding tert-OH is 1. The van der Waals surface area contributed by atoms with Gasteiger partial charge in [-0.15, -0.1) is 13.2 Å². The molecule has 3 fully saturated rings. The van der Waals surface area contributed by atoms with E-state index >= 15 is 0 Å². The van der Waals surface area contributed by atoms with Crippen molar-refractivity contribution in [2.24, 2.45) is 17.8 Å². The van der Waals surface area contributed by atoms with Crippen molar-refractivity contribution in [3.8, 4) is 0 Å². The normalized spacial score (nSPS) is 27.8. The van der Waals surface area contributed by atoms with E-state index < -0.39 is 12.3 Å². The van der Waals surface area contributed by atoms with E-state index in [0.717, 1.165) is 36.4 Å². The van der Waals surface area contributed by atoms with Crippen molar-refractivity contribution in [2.75, 3.05) is 13.1 Å². The number of pyridine rings is 1. The van der Waals surface area contributed by atoms with E-state index in [1.54, 1.807) is 30.2 Å². The van der Waals surface area contributed by atoms with Crippen LogP contribution in [0.1, 0.15) is 85.1 Å². The highest BCUT2D eigenvalue weighted by Gasteiger charge is 2.56.